The quantitative estimate of drug-likeness (QED) is 0.164. The van der Waals surface area contributed by atoms with E-state index < -0.39 is 37.3 Å². The van der Waals surface area contributed by atoms with Gasteiger partial charge in [-0.2, -0.15) is 0 Å². The lowest BCUT2D eigenvalue weighted by molar-refractivity contribution is -0.289. The number of allylic oxidation sites excluding steroid dienone is 1. The van der Waals surface area contributed by atoms with Crippen molar-refractivity contribution in [3.63, 3.8) is 0 Å². The van der Waals surface area contributed by atoms with Crippen molar-refractivity contribution in [3.05, 3.63) is 11.6 Å². The number of ether oxygens (including phenoxy) is 3. The summed E-state index contributed by atoms with van der Waals surface area (Å²) in [5, 5.41) is 44.9. The minimum Gasteiger partial charge on any atom is -0.466 e. The van der Waals surface area contributed by atoms with Crippen molar-refractivity contribution in [1.29, 1.82) is 0 Å². The molecule has 0 aromatic carbocycles. The molecular formula is C37H61NO9. The molecule has 5 rings (SSSR count). The van der Waals surface area contributed by atoms with Crippen LogP contribution in [0.2, 0.25) is 0 Å². The topological polar surface area (TPSA) is 155 Å². The van der Waals surface area contributed by atoms with Gasteiger partial charge in [0.05, 0.1) is 25.4 Å². The van der Waals surface area contributed by atoms with E-state index in [0.29, 0.717) is 36.2 Å². The van der Waals surface area contributed by atoms with Gasteiger partial charge in [0.1, 0.15) is 24.4 Å². The van der Waals surface area contributed by atoms with Gasteiger partial charge in [0, 0.05) is 13.8 Å². The van der Waals surface area contributed by atoms with Crippen LogP contribution in [0.25, 0.3) is 0 Å². The van der Waals surface area contributed by atoms with Crippen LogP contribution in [0.15, 0.2) is 11.6 Å². The Kier molecular flexibility index (Phi) is 11.5. The molecule has 10 heteroatoms. The summed E-state index contributed by atoms with van der Waals surface area (Å²) >= 11 is 0. The summed E-state index contributed by atoms with van der Waals surface area (Å²) < 4.78 is 18.3. The molecule has 47 heavy (non-hydrogen) atoms. The second-order valence-corrected chi connectivity index (χ2v) is 16.4. The average molecular weight is 664 g/mol. The Labute approximate surface area is 281 Å². The van der Waals surface area contributed by atoms with Crippen LogP contribution >= 0.6 is 0 Å². The number of esters is 1. The first-order valence-electron chi connectivity index (χ1n) is 18.3. The second kappa shape index (κ2) is 14.7. The maximum Gasteiger partial charge on any atom is 0.302 e. The Morgan fingerprint density at radius 3 is 2.51 bits per heavy atom. The SMILES string of the molecule is CC(=O)N[C@H]1[C@H](O[C@H]2C[C@@H]([C@H](C)CCC[C@@H](C)COC(C)=O)[C@@]3(C)CC[C@H]4[C@@H](CC=C5C[C@H](O)CC[C@@]54C)[C@H]23)O[C@H](CO)[C@@H](O)[C@@H]1O. The molecule has 0 aromatic rings. The van der Waals surface area contributed by atoms with Crippen molar-refractivity contribution >= 4 is 11.9 Å². The molecule has 0 bridgehead atoms. The number of aliphatic hydroxyl groups excluding tert-OH is 4. The van der Waals surface area contributed by atoms with E-state index in [4.69, 9.17) is 14.2 Å². The van der Waals surface area contributed by atoms with Gasteiger partial charge in [-0.3, -0.25) is 9.59 Å². The molecule has 1 saturated heterocycles. The fourth-order valence-corrected chi connectivity index (χ4v) is 10.8. The second-order valence-electron chi connectivity index (χ2n) is 16.4. The summed E-state index contributed by atoms with van der Waals surface area (Å²) in [7, 11) is 0. The molecule has 268 valence electrons. The maximum atomic E-state index is 12.2. The van der Waals surface area contributed by atoms with Gasteiger partial charge in [0.2, 0.25) is 5.91 Å². The fourth-order valence-electron chi connectivity index (χ4n) is 10.8. The minimum absolute atomic E-state index is 0.0111. The van der Waals surface area contributed by atoms with Gasteiger partial charge in [-0.05, 0) is 97.7 Å². The standard InChI is InChI=1S/C37H61NO9/c1-20(19-45-23(4)41)8-7-9-21(2)28-17-29(46-35-32(38-22(3)40)34(44)33(43)30(18-39)47-35)31-26-11-10-24-16-25(42)12-14-36(24,5)27(26)13-15-37(28,31)6/h10,20-21,25-35,39,42-44H,7-9,11-19H2,1-6H3,(H,38,40)/t20-,21-,25-,26-,27+,28+,29+,30-,31-,32-,33-,34-,35-,36+,37-/m1/s1. The van der Waals surface area contributed by atoms with Gasteiger partial charge in [0.15, 0.2) is 6.29 Å². The lowest BCUT2D eigenvalue weighted by Gasteiger charge is -2.59. The lowest BCUT2D eigenvalue weighted by atomic mass is 9.46. The van der Waals surface area contributed by atoms with Crippen LogP contribution in [0.3, 0.4) is 0 Å². The maximum absolute atomic E-state index is 12.2. The van der Waals surface area contributed by atoms with Crippen LogP contribution in [-0.2, 0) is 23.8 Å². The highest BCUT2D eigenvalue weighted by molar-refractivity contribution is 5.73. The van der Waals surface area contributed by atoms with E-state index in [0.717, 1.165) is 64.2 Å². The van der Waals surface area contributed by atoms with Gasteiger partial charge in [-0.25, -0.2) is 0 Å². The predicted octanol–water partition coefficient (Wildman–Crippen LogP) is 3.87. The molecule has 5 aliphatic rings. The Bertz CT molecular complexity index is 1150. The van der Waals surface area contributed by atoms with Crippen LogP contribution in [0.1, 0.15) is 106 Å². The van der Waals surface area contributed by atoms with E-state index in [1.807, 2.05) is 0 Å². The predicted molar refractivity (Wildman–Crippen MR) is 176 cm³/mol. The van der Waals surface area contributed by atoms with Crippen molar-refractivity contribution in [2.75, 3.05) is 13.2 Å². The number of hydrogen-bond acceptors (Lipinski definition) is 9. The summed E-state index contributed by atoms with van der Waals surface area (Å²) in [6.07, 6.45) is 6.86. The molecule has 1 amide bonds. The van der Waals surface area contributed by atoms with Gasteiger partial charge in [-0.15, -0.1) is 0 Å². The van der Waals surface area contributed by atoms with Crippen LogP contribution in [0.4, 0.5) is 0 Å². The van der Waals surface area contributed by atoms with E-state index in [-0.39, 0.29) is 40.8 Å². The van der Waals surface area contributed by atoms with Crippen LogP contribution in [0.5, 0.6) is 0 Å². The molecule has 4 fully saturated rings. The first-order valence-corrected chi connectivity index (χ1v) is 18.3. The first-order chi connectivity index (χ1) is 22.2. The highest BCUT2D eigenvalue weighted by atomic mass is 16.7. The molecule has 1 heterocycles. The number of fused-ring (bicyclic) bond motifs is 5. The van der Waals surface area contributed by atoms with Gasteiger partial charge in [0.25, 0.3) is 0 Å². The smallest absolute Gasteiger partial charge is 0.302 e. The highest BCUT2D eigenvalue weighted by Gasteiger charge is 2.63. The Balaban J connectivity index is 1.41. The number of hydrogen-bond donors (Lipinski definition) is 5. The van der Waals surface area contributed by atoms with E-state index in [1.54, 1.807) is 0 Å². The molecule has 0 aromatic heterocycles. The molecule has 5 N–H and O–H groups in total. The van der Waals surface area contributed by atoms with Gasteiger partial charge >= 0.3 is 5.97 Å². The van der Waals surface area contributed by atoms with Crippen LogP contribution < -0.4 is 5.32 Å². The summed E-state index contributed by atoms with van der Waals surface area (Å²) in [4.78, 5) is 23.5. The fraction of sp³-hybridized carbons (Fsp3) is 0.892. The van der Waals surface area contributed by atoms with Crippen molar-refractivity contribution in [2.45, 2.75) is 149 Å². The van der Waals surface area contributed by atoms with Crippen LogP contribution in [-0.4, -0.2) is 88.4 Å². The van der Waals surface area contributed by atoms with Crippen molar-refractivity contribution in [2.24, 2.45) is 46.3 Å². The molecule has 0 spiro atoms. The summed E-state index contributed by atoms with van der Waals surface area (Å²) in [5.41, 5.74) is 1.48. The summed E-state index contributed by atoms with van der Waals surface area (Å²) in [5.74, 6) is 1.60. The van der Waals surface area contributed by atoms with Crippen molar-refractivity contribution < 1.29 is 44.2 Å². The van der Waals surface area contributed by atoms with Crippen molar-refractivity contribution in [1.82, 2.24) is 5.32 Å². The minimum atomic E-state index is -1.36. The molecule has 4 aliphatic carbocycles. The molecular weight excluding hydrogens is 602 g/mol. The third-order valence-corrected chi connectivity index (χ3v) is 13.3. The normalized spacial score (nSPS) is 44.3. The third kappa shape index (κ3) is 7.34. The summed E-state index contributed by atoms with van der Waals surface area (Å²) in [6.45, 7) is 12.1. The lowest BCUT2D eigenvalue weighted by Crippen LogP contribution is -2.65. The zero-order valence-corrected chi connectivity index (χ0v) is 29.4. The molecule has 1 aliphatic heterocycles. The van der Waals surface area contributed by atoms with Crippen molar-refractivity contribution in [3.8, 4) is 0 Å². The monoisotopic (exact) mass is 663 g/mol. The number of carbonyl (C=O) groups is 2. The Hall–Kier alpha value is -1.56. The van der Waals surface area contributed by atoms with Gasteiger partial charge in [-0.1, -0.05) is 52.2 Å². The number of rotatable bonds is 11. The van der Waals surface area contributed by atoms with E-state index >= 15 is 0 Å². The van der Waals surface area contributed by atoms with E-state index in [1.165, 1.54) is 19.4 Å². The number of amides is 1. The molecule has 15 atom stereocenters. The van der Waals surface area contributed by atoms with Gasteiger partial charge < -0.3 is 40.0 Å². The third-order valence-electron chi connectivity index (χ3n) is 13.3. The number of carbonyl (C=O) groups excluding carboxylic acids is 2. The van der Waals surface area contributed by atoms with E-state index in [2.05, 4.69) is 39.1 Å². The largest absolute Gasteiger partial charge is 0.466 e. The van der Waals surface area contributed by atoms with E-state index in [9.17, 15) is 30.0 Å². The number of nitrogens with one attached hydrogen (secondary N) is 1. The zero-order valence-electron chi connectivity index (χ0n) is 29.4. The summed E-state index contributed by atoms with van der Waals surface area (Å²) in [6, 6.07) is -0.971. The zero-order chi connectivity index (χ0) is 34.3. The molecule has 0 unspecified atom stereocenters. The Morgan fingerprint density at radius 1 is 1.09 bits per heavy atom. The molecule has 3 saturated carbocycles. The highest BCUT2D eigenvalue weighted by Crippen LogP contribution is 2.68. The number of aliphatic hydroxyl groups is 4. The van der Waals surface area contributed by atoms with Crippen LogP contribution in [0, 0.1) is 46.3 Å². The molecule has 0 radical (unpaired) electrons. The average Bonchev–Trinajstić information content (AvgIpc) is 3.31. The Morgan fingerprint density at radius 2 is 1.83 bits per heavy atom. The first kappa shape index (κ1) is 36.7. The molecule has 10 nitrogen and oxygen atoms in total.